The zero-order valence-electron chi connectivity index (χ0n) is 12.0. The molecule has 1 atom stereocenters. The summed E-state index contributed by atoms with van der Waals surface area (Å²) in [5, 5.41) is 3.46. The van der Waals surface area contributed by atoms with Gasteiger partial charge in [-0.05, 0) is 66.0 Å². The summed E-state index contributed by atoms with van der Waals surface area (Å²) < 4.78 is 15.4. The van der Waals surface area contributed by atoms with Crippen molar-refractivity contribution >= 4 is 27.3 Å². The predicted octanol–water partition coefficient (Wildman–Crippen LogP) is 5.36. The Morgan fingerprint density at radius 2 is 2.00 bits per heavy atom. The first-order valence-corrected chi connectivity index (χ1v) is 8.39. The van der Waals surface area contributed by atoms with Crippen LogP contribution < -0.4 is 5.32 Å². The number of nitrogens with one attached hydrogen (secondary N) is 1. The third-order valence-corrected chi connectivity index (χ3v) is 4.87. The number of thiophene rings is 1. The van der Waals surface area contributed by atoms with Gasteiger partial charge in [-0.3, -0.25) is 0 Å². The largest absolute Gasteiger partial charge is 0.306 e. The van der Waals surface area contributed by atoms with E-state index in [0.717, 1.165) is 33.4 Å². The number of benzene rings is 1. The third-order valence-electron chi connectivity index (χ3n) is 3.30. The van der Waals surface area contributed by atoms with Crippen LogP contribution in [0.1, 0.15) is 41.0 Å². The van der Waals surface area contributed by atoms with Gasteiger partial charge in [0.05, 0.1) is 9.83 Å². The second kappa shape index (κ2) is 6.83. The highest BCUT2D eigenvalue weighted by atomic mass is 79.9. The average Bonchev–Trinajstić information content (AvgIpc) is 2.71. The van der Waals surface area contributed by atoms with Crippen molar-refractivity contribution in [3.63, 3.8) is 0 Å². The van der Waals surface area contributed by atoms with Crippen LogP contribution in [-0.2, 0) is 0 Å². The van der Waals surface area contributed by atoms with Gasteiger partial charge in [-0.15, -0.1) is 11.3 Å². The maximum absolute atomic E-state index is 14.3. The van der Waals surface area contributed by atoms with Crippen molar-refractivity contribution in [3.8, 4) is 0 Å². The SMILES string of the molecule is CCCNC(c1ccc(C)cc1F)c1cc(Br)sc1C. The summed E-state index contributed by atoms with van der Waals surface area (Å²) in [5.41, 5.74) is 2.82. The molecule has 0 radical (unpaired) electrons. The van der Waals surface area contributed by atoms with Crippen LogP contribution in [0.4, 0.5) is 4.39 Å². The van der Waals surface area contributed by atoms with Crippen LogP contribution in [0.3, 0.4) is 0 Å². The molecule has 1 heterocycles. The van der Waals surface area contributed by atoms with Crippen molar-refractivity contribution < 1.29 is 4.39 Å². The molecule has 0 bridgehead atoms. The maximum Gasteiger partial charge on any atom is 0.128 e. The third kappa shape index (κ3) is 3.48. The summed E-state index contributed by atoms with van der Waals surface area (Å²) in [6.45, 7) is 6.97. The van der Waals surface area contributed by atoms with Crippen LogP contribution in [0, 0.1) is 19.7 Å². The Morgan fingerprint density at radius 1 is 1.25 bits per heavy atom. The first-order chi connectivity index (χ1) is 9.52. The normalized spacial score (nSPS) is 12.7. The van der Waals surface area contributed by atoms with Crippen molar-refractivity contribution in [2.75, 3.05) is 6.54 Å². The number of rotatable bonds is 5. The van der Waals surface area contributed by atoms with Crippen LogP contribution >= 0.6 is 27.3 Å². The lowest BCUT2D eigenvalue weighted by Crippen LogP contribution is -2.24. The fraction of sp³-hybridized carbons (Fsp3) is 0.375. The molecule has 0 aliphatic heterocycles. The molecule has 0 saturated heterocycles. The monoisotopic (exact) mass is 355 g/mol. The highest BCUT2D eigenvalue weighted by molar-refractivity contribution is 9.11. The van der Waals surface area contributed by atoms with E-state index in [2.05, 4.69) is 41.2 Å². The molecule has 1 unspecified atom stereocenters. The molecule has 4 heteroatoms. The Hall–Kier alpha value is -0.710. The van der Waals surface area contributed by atoms with E-state index in [1.165, 1.54) is 4.88 Å². The quantitative estimate of drug-likeness (QED) is 0.761. The molecule has 1 nitrogen and oxygen atoms in total. The van der Waals surface area contributed by atoms with Crippen molar-refractivity contribution in [1.82, 2.24) is 5.32 Å². The van der Waals surface area contributed by atoms with Gasteiger partial charge in [0.25, 0.3) is 0 Å². The second-order valence-corrected chi connectivity index (χ2v) is 7.61. The lowest BCUT2D eigenvalue weighted by molar-refractivity contribution is 0.546. The molecule has 0 fully saturated rings. The number of halogens is 2. The van der Waals surface area contributed by atoms with Gasteiger partial charge >= 0.3 is 0 Å². The molecule has 2 aromatic rings. The van der Waals surface area contributed by atoms with Crippen LogP contribution in [-0.4, -0.2) is 6.54 Å². The van der Waals surface area contributed by atoms with Crippen molar-refractivity contribution in [1.29, 1.82) is 0 Å². The highest BCUT2D eigenvalue weighted by Gasteiger charge is 2.20. The topological polar surface area (TPSA) is 12.0 Å². The van der Waals surface area contributed by atoms with E-state index in [1.807, 2.05) is 19.1 Å². The van der Waals surface area contributed by atoms with Gasteiger partial charge < -0.3 is 5.32 Å². The molecule has 1 aromatic carbocycles. The van der Waals surface area contributed by atoms with E-state index in [0.29, 0.717) is 0 Å². The zero-order chi connectivity index (χ0) is 14.7. The van der Waals surface area contributed by atoms with Gasteiger partial charge in [0.2, 0.25) is 0 Å². The molecule has 0 aliphatic rings. The Bertz CT molecular complexity index is 594. The molecular weight excluding hydrogens is 337 g/mol. The fourth-order valence-electron chi connectivity index (χ4n) is 2.29. The Labute approximate surface area is 132 Å². The summed E-state index contributed by atoms with van der Waals surface area (Å²) in [6, 6.07) is 7.47. The van der Waals surface area contributed by atoms with E-state index >= 15 is 0 Å². The molecule has 0 aliphatic carbocycles. The number of aryl methyl sites for hydroxylation is 2. The van der Waals surface area contributed by atoms with Crippen molar-refractivity contribution in [2.45, 2.75) is 33.2 Å². The van der Waals surface area contributed by atoms with Crippen LogP contribution in [0.25, 0.3) is 0 Å². The molecule has 1 N–H and O–H groups in total. The van der Waals surface area contributed by atoms with Gasteiger partial charge in [-0.2, -0.15) is 0 Å². The maximum atomic E-state index is 14.3. The van der Waals surface area contributed by atoms with Gasteiger partial charge in [0, 0.05) is 10.4 Å². The predicted molar refractivity (Wildman–Crippen MR) is 88.0 cm³/mol. The number of hydrogen-bond acceptors (Lipinski definition) is 2. The van der Waals surface area contributed by atoms with Crippen LogP contribution in [0.5, 0.6) is 0 Å². The first-order valence-electron chi connectivity index (χ1n) is 6.78. The van der Waals surface area contributed by atoms with E-state index in [1.54, 1.807) is 17.4 Å². The minimum absolute atomic E-state index is 0.0851. The summed E-state index contributed by atoms with van der Waals surface area (Å²) in [6.07, 6.45) is 1.02. The molecule has 20 heavy (non-hydrogen) atoms. The van der Waals surface area contributed by atoms with Crippen LogP contribution in [0.2, 0.25) is 0 Å². The van der Waals surface area contributed by atoms with Crippen molar-refractivity contribution in [2.24, 2.45) is 0 Å². The minimum Gasteiger partial charge on any atom is -0.306 e. The summed E-state index contributed by atoms with van der Waals surface area (Å²) in [7, 11) is 0. The molecule has 0 amide bonds. The Morgan fingerprint density at radius 3 is 2.55 bits per heavy atom. The van der Waals surface area contributed by atoms with E-state index in [9.17, 15) is 4.39 Å². The van der Waals surface area contributed by atoms with Gasteiger partial charge in [0.15, 0.2) is 0 Å². The fourth-order valence-corrected chi connectivity index (χ4v) is 4.04. The first kappa shape index (κ1) is 15.7. The highest BCUT2D eigenvalue weighted by Crippen LogP contribution is 2.34. The molecule has 0 spiro atoms. The summed E-state index contributed by atoms with van der Waals surface area (Å²) in [4.78, 5) is 1.21. The molecule has 0 saturated carbocycles. The van der Waals surface area contributed by atoms with Crippen molar-refractivity contribution in [3.05, 3.63) is 55.4 Å². The second-order valence-electron chi connectivity index (χ2n) is 4.97. The Kier molecular flexibility index (Phi) is 5.35. The molecule has 1 aromatic heterocycles. The van der Waals surface area contributed by atoms with E-state index < -0.39 is 0 Å². The standard InChI is InChI=1S/C16H19BrFNS/c1-4-7-19-16(13-9-15(17)20-11(13)3)12-6-5-10(2)8-14(12)18/h5-6,8-9,16,19H,4,7H2,1-3H3. The lowest BCUT2D eigenvalue weighted by Gasteiger charge is -2.20. The number of hydrogen-bond donors (Lipinski definition) is 1. The van der Waals surface area contributed by atoms with Gasteiger partial charge in [-0.25, -0.2) is 4.39 Å². The van der Waals surface area contributed by atoms with E-state index in [4.69, 9.17) is 0 Å². The Balaban J connectivity index is 2.44. The average molecular weight is 356 g/mol. The van der Waals surface area contributed by atoms with Gasteiger partial charge in [-0.1, -0.05) is 19.1 Å². The van der Waals surface area contributed by atoms with Crippen LogP contribution in [0.15, 0.2) is 28.1 Å². The summed E-state index contributed by atoms with van der Waals surface area (Å²) in [5.74, 6) is -0.139. The van der Waals surface area contributed by atoms with Gasteiger partial charge in [0.1, 0.15) is 5.82 Å². The lowest BCUT2D eigenvalue weighted by atomic mass is 9.97. The molecular formula is C16H19BrFNS. The minimum atomic E-state index is -0.139. The molecule has 108 valence electrons. The smallest absolute Gasteiger partial charge is 0.128 e. The van der Waals surface area contributed by atoms with E-state index in [-0.39, 0.29) is 11.9 Å². The molecule has 2 rings (SSSR count). The zero-order valence-corrected chi connectivity index (χ0v) is 14.4. The summed E-state index contributed by atoms with van der Waals surface area (Å²) >= 11 is 5.21.